The number of halogens is 1. The Morgan fingerprint density at radius 1 is 1.50 bits per heavy atom. The molecule has 0 heterocycles. The van der Waals surface area contributed by atoms with Gasteiger partial charge in [-0.25, -0.2) is 8.42 Å². The second-order valence-corrected chi connectivity index (χ2v) is 7.23. The Bertz CT molecular complexity index is 485. The zero-order chi connectivity index (χ0) is 12.6. The summed E-state index contributed by atoms with van der Waals surface area (Å²) in [4.78, 5) is 0. The van der Waals surface area contributed by atoms with Gasteiger partial charge in [0.05, 0.1) is 0 Å². The van der Waals surface area contributed by atoms with Crippen LogP contribution in [-0.4, -0.2) is 24.0 Å². The molecular formula is C10H14ClNO3S. The monoisotopic (exact) mass is 263 g/mol. The molecule has 0 saturated heterocycles. The summed E-state index contributed by atoms with van der Waals surface area (Å²) in [5.41, 5.74) is 6.36. The first-order chi connectivity index (χ1) is 7.16. The van der Waals surface area contributed by atoms with Crippen LogP contribution in [0.1, 0.15) is 18.6 Å². The number of aliphatic hydroxyl groups excluding tert-OH is 1. The van der Waals surface area contributed by atoms with Gasteiger partial charge < -0.3 is 10.8 Å². The Balaban J connectivity index is 3.17. The lowest BCUT2D eigenvalue weighted by Gasteiger charge is -2.26. The number of aliphatic hydroxyl groups is 1. The van der Waals surface area contributed by atoms with Gasteiger partial charge in [-0.3, -0.25) is 0 Å². The molecule has 0 spiro atoms. The van der Waals surface area contributed by atoms with Crippen molar-refractivity contribution in [1.29, 1.82) is 0 Å². The van der Waals surface area contributed by atoms with Crippen molar-refractivity contribution >= 4 is 27.1 Å². The Kier molecular flexibility index (Phi) is 3.52. The average Bonchev–Trinajstić information content (AvgIpc) is 2.14. The fourth-order valence-corrected chi connectivity index (χ4v) is 1.90. The molecule has 0 unspecified atom stereocenters. The molecule has 0 bridgehead atoms. The fourth-order valence-electron chi connectivity index (χ4n) is 1.23. The standard InChI is InChI=1S/C10H14ClNO3S/c1-10(11,16(2,14)15)9(13)7-4-3-5-8(12)6-7/h3-6,9,13H,12H2,1-2H3/t9-,10+/m1/s1. The van der Waals surface area contributed by atoms with Crippen LogP contribution in [0.15, 0.2) is 24.3 Å². The highest BCUT2D eigenvalue weighted by molar-refractivity contribution is 7.93. The summed E-state index contributed by atoms with van der Waals surface area (Å²) in [7, 11) is -3.59. The molecule has 1 rings (SSSR count). The van der Waals surface area contributed by atoms with Gasteiger partial charge in [-0.05, 0) is 24.6 Å². The van der Waals surface area contributed by atoms with E-state index in [-0.39, 0.29) is 0 Å². The molecule has 0 fully saturated rings. The summed E-state index contributed by atoms with van der Waals surface area (Å²) in [5.74, 6) is 0. The number of hydrogen-bond acceptors (Lipinski definition) is 4. The first-order valence-corrected chi connectivity index (χ1v) is 6.85. The molecule has 0 amide bonds. The zero-order valence-electron chi connectivity index (χ0n) is 9.01. The molecule has 4 nitrogen and oxygen atoms in total. The van der Waals surface area contributed by atoms with Gasteiger partial charge in [0, 0.05) is 11.9 Å². The van der Waals surface area contributed by atoms with Crippen molar-refractivity contribution in [3.8, 4) is 0 Å². The highest BCUT2D eigenvalue weighted by Gasteiger charge is 2.41. The van der Waals surface area contributed by atoms with Crippen molar-refractivity contribution in [2.75, 3.05) is 12.0 Å². The summed E-state index contributed by atoms with van der Waals surface area (Å²) >= 11 is 5.87. The maximum absolute atomic E-state index is 11.4. The van der Waals surface area contributed by atoms with Crippen molar-refractivity contribution in [3.05, 3.63) is 29.8 Å². The van der Waals surface area contributed by atoms with E-state index in [1.807, 2.05) is 0 Å². The number of nitrogen functional groups attached to an aromatic ring is 1. The topological polar surface area (TPSA) is 80.4 Å². The largest absolute Gasteiger partial charge is 0.399 e. The van der Waals surface area contributed by atoms with E-state index in [0.717, 1.165) is 6.26 Å². The van der Waals surface area contributed by atoms with Crippen LogP contribution in [0.25, 0.3) is 0 Å². The van der Waals surface area contributed by atoms with Gasteiger partial charge in [0.15, 0.2) is 14.0 Å². The first kappa shape index (κ1) is 13.3. The first-order valence-electron chi connectivity index (χ1n) is 4.58. The molecule has 0 aliphatic heterocycles. The Labute approximate surface area is 100.0 Å². The van der Waals surface area contributed by atoms with Crippen LogP contribution in [0.2, 0.25) is 0 Å². The van der Waals surface area contributed by atoms with E-state index < -0.39 is 20.1 Å². The number of alkyl halides is 1. The van der Waals surface area contributed by atoms with Gasteiger partial charge in [0.25, 0.3) is 0 Å². The molecule has 16 heavy (non-hydrogen) atoms. The van der Waals surface area contributed by atoms with E-state index in [1.54, 1.807) is 18.2 Å². The van der Waals surface area contributed by atoms with Crippen LogP contribution in [-0.2, 0) is 9.84 Å². The second-order valence-electron chi connectivity index (χ2n) is 3.83. The third-order valence-corrected chi connectivity index (χ3v) is 5.16. The molecule has 2 atom stereocenters. The molecule has 90 valence electrons. The molecule has 0 saturated carbocycles. The van der Waals surface area contributed by atoms with E-state index in [1.165, 1.54) is 13.0 Å². The lowest BCUT2D eigenvalue weighted by atomic mass is 10.1. The van der Waals surface area contributed by atoms with Crippen LogP contribution >= 0.6 is 11.6 Å². The Morgan fingerprint density at radius 2 is 2.06 bits per heavy atom. The number of benzene rings is 1. The molecule has 6 heteroatoms. The fraction of sp³-hybridized carbons (Fsp3) is 0.400. The number of hydrogen-bond donors (Lipinski definition) is 2. The van der Waals surface area contributed by atoms with Crippen LogP contribution in [0.4, 0.5) is 5.69 Å². The van der Waals surface area contributed by atoms with E-state index in [4.69, 9.17) is 17.3 Å². The molecule has 3 N–H and O–H groups in total. The third-order valence-electron chi connectivity index (χ3n) is 2.44. The van der Waals surface area contributed by atoms with Gasteiger partial charge in [0.2, 0.25) is 0 Å². The van der Waals surface area contributed by atoms with Gasteiger partial charge in [-0.2, -0.15) is 0 Å². The second kappa shape index (κ2) is 4.24. The average molecular weight is 264 g/mol. The predicted molar refractivity (Wildman–Crippen MR) is 64.9 cm³/mol. The molecule has 1 aromatic carbocycles. The van der Waals surface area contributed by atoms with Gasteiger partial charge in [-0.15, -0.1) is 0 Å². The van der Waals surface area contributed by atoms with Crippen LogP contribution in [0.3, 0.4) is 0 Å². The number of anilines is 1. The summed E-state index contributed by atoms with van der Waals surface area (Å²) in [6, 6.07) is 6.34. The van der Waals surface area contributed by atoms with Crippen molar-refractivity contribution in [2.24, 2.45) is 0 Å². The quantitative estimate of drug-likeness (QED) is 0.636. The maximum atomic E-state index is 11.4. The van der Waals surface area contributed by atoms with Gasteiger partial charge >= 0.3 is 0 Å². The zero-order valence-corrected chi connectivity index (χ0v) is 10.6. The molecule has 1 aromatic rings. The van der Waals surface area contributed by atoms with Crippen molar-refractivity contribution in [1.82, 2.24) is 0 Å². The van der Waals surface area contributed by atoms with E-state index in [2.05, 4.69) is 0 Å². The highest BCUT2D eigenvalue weighted by atomic mass is 35.5. The third kappa shape index (κ3) is 2.48. The number of rotatable bonds is 3. The highest BCUT2D eigenvalue weighted by Crippen LogP contribution is 2.36. The Morgan fingerprint density at radius 3 is 2.50 bits per heavy atom. The number of nitrogens with two attached hydrogens (primary N) is 1. The molecule has 0 radical (unpaired) electrons. The predicted octanol–water partition coefficient (Wildman–Crippen LogP) is 1.30. The summed E-state index contributed by atoms with van der Waals surface area (Å²) in [6.07, 6.45) is -0.345. The summed E-state index contributed by atoms with van der Waals surface area (Å²) < 4.78 is 21.1. The minimum absolute atomic E-state index is 0.378. The number of sulfone groups is 1. The van der Waals surface area contributed by atoms with Crippen LogP contribution in [0.5, 0.6) is 0 Å². The van der Waals surface area contributed by atoms with Crippen molar-refractivity contribution in [3.63, 3.8) is 0 Å². The van der Waals surface area contributed by atoms with Crippen LogP contribution in [0, 0.1) is 0 Å². The van der Waals surface area contributed by atoms with Gasteiger partial charge in [0.1, 0.15) is 6.10 Å². The Hall–Kier alpha value is -0.780. The minimum atomic E-state index is -3.59. The summed E-state index contributed by atoms with van der Waals surface area (Å²) in [5, 5.41) is 9.94. The maximum Gasteiger partial charge on any atom is 0.172 e. The van der Waals surface area contributed by atoms with E-state index >= 15 is 0 Å². The SMILES string of the molecule is C[C@@](Cl)([C@H](O)c1cccc(N)c1)S(C)(=O)=O. The molecule has 0 aliphatic rings. The lowest BCUT2D eigenvalue weighted by molar-refractivity contribution is 0.163. The molecule has 0 aliphatic carbocycles. The van der Waals surface area contributed by atoms with E-state index in [9.17, 15) is 13.5 Å². The van der Waals surface area contributed by atoms with Crippen LogP contribution < -0.4 is 5.73 Å². The molecule has 0 aromatic heterocycles. The summed E-state index contributed by atoms with van der Waals surface area (Å²) in [6.45, 7) is 1.26. The van der Waals surface area contributed by atoms with Gasteiger partial charge in [-0.1, -0.05) is 23.7 Å². The van der Waals surface area contributed by atoms with E-state index in [0.29, 0.717) is 11.3 Å². The minimum Gasteiger partial charge on any atom is -0.399 e. The normalized spacial score (nSPS) is 17.8. The lowest BCUT2D eigenvalue weighted by Crippen LogP contribution is -2.35. The smallest absolute Gasteiger partial charge is 0.172 e. The van der Waals surface area contributed by atoms with Crippen molar-refractivity contribution in [2.45, 2.75) is 17.2 Å². The van der Waals surface area contributed by atoms with Crippen molar-refractivity contribution < 1.29 is 13.5 Å². The molecular weight excluding hydrogens is 250 g/mol.